The van der Waals surface area contributed by atoms with Gasteiger partial charge in [0.25, 0.3) is 0 Å². The molecule has 0 aliphatic carbocycles. The summed E-state index contributed by atoms with van der Waals surface area (Å²) in [5.74, 6) is 1.42. The van der Waals surface area contributed by atoms with Crippen LogP contribution < -0.4 is 14.8 Å². The van der Waals surface area contributed by atoms with Gasteiger partial charge in [-0.15, -0.1) is 0 Å². The van der Waals surface area contributed by atoms with Gasteiger partial charge in [-0.2, -0.15) is 0 Å². The third kappa shape index (κ3) is 4.07. The van der Waals surface area contributed by atoms with Crippen molar-refractivity contribution in [2.45, 2.75) is 19.9 Å². The van der Waals surface area contributed by atoms with Crippen molar-refractivity contribution in [1.29, 1.82) is 0 Å². The van der Waals surface area contributed by atoms with E-state index in [1.54, 1.807) is 6.08 Å². The lowest BCUT2D eigenvalue weighted by Gasteiger charge is -2.25. The average Bonchev–Trinajstić information content (AvgIpc) is 3.05. The predicted molar refractivity (Wildman–Crippen MR) is 112 cm³/mol. The second-order valence-electron chi connectivity index (χ2n) is 7.18. The van der Waals surface area contributed by atoms with Crippen LogP contribution in [0.3, 0.4) is 0 Å². The number of benzene rings is 1. The highest BCUT2D eigenvalue weighted by Gasteiger charge is 2.21. The summed E-state index contributed by atoms with van der Waals surface area (Å²) in [6, 6.07) is 11.3. The Morgan fingerprint density at radius 3 is 2.79 bits per heavy atom. The average molecular weight is 412 g/mol. The van der Waals surface area contributed by atoms with E-state index in [0.717, 1.165) is 17.0 Å². The van der Waals surface area contributed by atoms with Crippen molar-refractivity contribution >= 4 is 29.2 Å². The molecule has 3 aromatic rings. The summed E-state index contributed by atoms with van der Waals surface area (Å²) in [5.41, 5.74) is 2.37. The molecule has 0 saturated carbocycles. The van der Waals surface area contributed by atoms with Gasteiger partial charge in [-0.1, -0.05) is 37.6 Å². The number of nitrogens with one attached hydrogen (secondary N) is 1. The first-order valence-electron chi connectivity index (χ1n) is 9.53. The second kappa shape index (κ2) is 8.17. The zero-order valence-electron chi connectivity index (χ0n) is 16.3. The summed E-state index contributed by atoms with van der Waals surface area (Å²) in [5, 5.41) is 3.43. The molecule has 1 N–H and O–H groups in total. The van der Waals surface area contributed by atoms with Crippen molar-refractivity contribution in [2.75, 3.05) is 13.2 Å². The van der Waals surface area contributed by atoms with Crippen LogP contribution in [-0.2, 0) is 4.79 Å². The zero-order valence-corrected chi connectivity index (χ0v) is 17.0. The third-order valence-corrected chi connectivity index (χ3v) is 5.08. The maximum atomic E-state index is 12.6. The molecule has 0 saturated heterocycles. The maximum Gasteiger partial charge on any atom is 0.244 e. The highest BCUT2D eigenvalue weighted by molar-refractivity contribution is 6.31. The monoisotopic (exact) mass is 411 g/mol. The molecule has 6 nitrogen and oxygen atoms in total. The molecule has 1 amide bonds. The van der Waals surface area contributed by atoms with Crippen molar-refractivity contribution in [3.63, 3.8) is 0 Å². The first-order chi connectivity index (χ1) is 14.0. The second-order valence-corrected chi connectivity index (χ2v) is 7.54. The van der Waals surface area contributed by atoms with Gasteiger partial charge in [0.1, 0.15) is 18.9 Å². The molecule has 0 spiro atoms. The fourth-order valence-corrected chi connectivity index (χ4v) is 3.62. The Balaban J connectivity index is 1.53. The molecule has 4 rings (SSSR count). The van der Waals surface area contributed by atoms with E-state index in [1.165, 1.54) is 6.08 Å². The Morgan fingerprint density at radius 2 is 2.00 bits per heavy atom. The molecular formula is C22H22ClN3O3. The highest BCUT2D eigenvalue weighted by atomic mass is 35.5. The van der Waals surface area contributed by atoms with Gasteiger partial charge in [0, 0.05) is 12.3 Å². The number of carbonyl (C=O) groups is 1. The molecule has 7 heteroatoms. The molecule has 29 heavy (non-hydrogen) atoms. The largest absolute Gasteiger partial charge is 0.486 e. The molecule has 0 radical (unpaired) electrons. The Hall–Kier alpha value is -2.99. The number of hydrogen-bond acceptors (Lipinski definition) is 4. The maximum absolute atomic E-state index is 12.6. The van der Waals surface area contributed by atoms with E-state index in [-0.39, 0.29) is 17.9 Å². The Labute approximate surface area is 174 Å². The van der Waals surface area contributed by atoms with Crippen molar-refractivity contribution in [2.24, 2.45) is 5.92 Å². The van der Waals surface area contributed by atoms with E-state index in [0.29, 0.717) is 29.8 Å². The van der Waals surface area contributed by atoms with Crippen molar-refractivity contribution in [3.05, 3.63) is 65.1 Å². The van der Waals surface area contributed by atoms with Crippen LogP contribution in [0.25, 0.3) is 11.7 Å². The summed E-state index contributed by atoms with van der Waals surface area (Å²) in [7, 11) is 0. The number of fused-ring (bicyclic) bond motifs is 2. The summed E-state index contributed by atoms with van der Waals surface area (Å²) in [4.78, 5) is 16.9. The molecule has 0 fully saturated rings. The fraction of sp³-hybridized carbons (Fsp3) is 0.273. The fourth-order valence-electron chi connectivity index (χ4n) is 3.38. The smallest absolute Gasteiger partial charge is 0.244 e. The molecule has 1 aromatic carbocycles. The van der Waals surface area contributed by atoms with Gasteiger partial charge in [-0.05, 0) is 41.8 Å². The predicted octanol–water partition coefficient (Wildman–Crippen LogP) is 4.29. The molecule has 0 bridgehead atoms. The topological polar surface area (TPSA) is 64.9 Å². The molecule has 1 aliphatic heterocycles. The molecule has 3 heterocycles. The van der Waals surface area contributed by atoms with Crippen molar-refractivity contribution in [3.8, 4) is 11.5 Å². The van der Waals surface area contributed by atoms with Crippen molar-refractivity contribution < 1.29 is 14.3 Å². The Bertz CT molecular complexity index is 1070. The number of ether oxygens (including phenoxy) is 2. The minimum absolute atomic E-state index is 0.166. The van der Waals surface area contributed by atoms with Gasteiger partial charge in [0.15, 0.2) is 16.7 Å². The lowest BCUT2D eigenvalue weighted by atomic mass is 9.95. The standard InChI is InChI=1S/C22H22ClN3O3/c1-14(2)21(15-6-8-17-18(13-15)29-12-11-28-17)25-20(27)9-7-16-22(23)24-19-5-3-4-10-26(16)19/h3-10,13-14,21H,11-12H2,1-2H3,(H,25,27)/b9-7-/t21-/m0/s1. The zero-order chi connectivity index (χ0) is 20.4. The van der Waals surface area contributed by atoms with Crippen LogP contribution in [0.5, 0.6) is 11.5 Å². The Kier molecular flexibility index (Phi) is 5.45. The quantitative estimate of drug-likeness (QED) is 0.636. The van der Waals surface area contributed by atoms with E-state index in [1.807, 2.05) is 47.0 Å². The van der Waals surface area contributed by atoms with Crippen LogP contribution in [0, 0.1) is 5.92 Å². The van der Waals surface area contributed by atoms with Gasteiger partial charge < -0.3 is 14.8 Å². The molecule has 1 aliphatic rings. The number of amides is 1. The number of carbonyl (C=O) groups excluding carboxylic acids is 1. The van der Waals surface area contributed by atoms with Gasteiger partial charge in [-0.25, -0.2) is 4.98 Å². The number of imidazole rings is 1. The van der Waals surface area contributed by atoms with Gasteiger partial charge in [0.2, 0.25) is 5.91 Å². The minimum Gasteiger partial charge on any atom is -0.486 e. The Morgan fingerprint density at radius 1 is 1.21 bits per heavy atom. The lowest BCUT2D eigenvalue weighted by molar-refractivity contribution is -0.117. The van der Waals surface area contributed by atoms with Crippen LogP contribution >= 0.6 is 11.6 Å². The van der Waals surface area contributed by atoms with Gasteiger partial charge >= 0.3 is 0 Å². The van der Waals surface area contributed by atoms with E-state index < -0.39 is 0 Å². The van der Waals surface area contributed by atoms with E-state index in [2.05, 4.69) is 24.1 Å². The van der Waals surface area contributed by atoms with E-state index >= 15 is 0 Å². The molecule has 2 aromatic heterocycles. The normalized spacial score (nSPS) is 14.5. The summed E-state index contributed by atoms with van der Waals surface area (Å²) in [6.07, 6.45) is 5.02. The van der Waals surface area contributed by atoms with Crippen LogP contribution in [-0.4, -0.2) is 28.5 Å². The molecule has 1 atom stereocenters. The number of aromatic nitrogens is 2. The van der Waals surface area contributed by atoms with Gasteiger partial charge in [0.05, 0.1) is 11.7 Å². The molecular weight excluding hydrogens is 390 g/mol. The number of halogens is 1. The minimum atomic E-state index is -0.208. The molecule has 150 valence electrons. The SMILES string of the molecule is CC(C)[C@H](NC(=O)/C=C\c1c(Cl)nc2ccccn12)c1ccc2c(c1)OCCO2. The first kappa shape index (κ1) is 19.3. The summed E-state index contributed by atoms with van der Waals surface area (Å²) in [6.45, 7) is 5.20. The third-order valence-electron chi connectivity index (χ3n) is 4.80. The summed E-state index contributed by atoms with van der Waals surface area (Å²) >= 11 is 6.23. The lowest BCUT2D eigenvalue weighted by Crippen LogP contribution is -2.30. The number of pyridine rings is 1. The molecule has 0 unspecified atom stereocenters. The highest BCUT2D eigenvalue weighted by Crippen LogP contribution is 2.34. The van der Waals surface area contributed by atoms with Crippen molar-refractivity contribution in [1.82, 2.24) is 14.7 Å². The van der Waals surface area contributed by atoms with Gasteiger partial charge in [-0.3, -0.25) is 9.20 Å². The first-order valence-corrected chi connectivity index (χ1v) is 9.91. The number of rotatable bonds is 5. The number of nitrogens with zero attached hydrogens (tertiary/aromatic N) is 2. The van der Waals surface area contributed by atoms with Crippen LogP contribution in [0.2, 0.25) is 5.15 Å². The van der Waals surface area contributed by atoms with Crippen LogP contribution in [0.4, 0.5) is 0 Å². The van der Waals surface area contributed by atoms with E-state index in [9.17, 15) is 4.79 Å². The van der Waals surface area contributed by atoms with Crippen LogP contribution in [0.15, 0.2) is 48.7 Å². The number of hydrogen-bond donors (Lipinski definition) is 1. The van der Waals surface area contributed by atoms with E-state index in [4.69, 9.17) is 21.1 Å². The summed E-state index contributed by atoms with van der Waals surface area (Å²) < 4.78 is 13.1. The van der Waals surface area contributed by atoms with Crippen LogP contribution in [0.1, 0.15) is 31.1 Å².